The quantitative estimate of drug-likeness (QED) is 0.799. The molecule has 0 aromatic carbocycles. The summed E-state index contributed by atoms with van der Waals surface area (Å²) >= 11 is 0. The fourth-order valence-electron chi connectivity index (χ4n) is 3.11. The van der Waals surface area contributed by atoms with Gasteiger partial charge in [0.1, 0.15) is 6.61 Å². The molecule has 1 aromatic heterocycles. The molecule has 3 rings (SSSR count). The van der Waals surface area contributed by atoms with Crippen LogP contribution in [0.5, 0.6) is 0 Å². The molecule has 0 N–H and O–H groups in total. The van der Waals surface area contributed by atoms with Crippen molar-refractivity contribution in [3.8, 4) is 0 Å². The lowest BCUT2D eigenvalue weighted by molar-refractivity contribution is -0.133. The summed E-state index contributed by atoms with van der Waals surface area (Å²) in [6.45, 7) is 4.01. The molecule has 2 fully saturated rings. The number of pyridine rings is 1. The topological polar surface area (TPSA) is 45.7 Å². The van der Waals surface area contributed by atoms with E-state index in [0.717, 1.165) is 32.6 Å². The van der Waals surface area contributed by atoms with Crippen LogP contribution in [0.25, 0.3) is 0 Å². The van der Waals surface area contributed by atoms with Crippen molar-refractivity contribution in [3.05, 3.63) is 30.1 Å². The number of ether oxygens (including phenoxy) is 1. The molecule has 0 saturated carbocycles. The summed E-state index contributed by atoms with van der Waals surface area (Å²) in [5, 5.41) is 0. The molecule has 1 aromatic rings. The lowest BCUT2D eigenvalue weighted by Crippen LogP contribution is -2.46. The number of carbonyl (C=O) groups is 1. The van der Waals surface area contributed by atoms with Gasteiger partial charge in [-0.15, -0.1) is 0 Å². The SMILES string of the molecule is CN1C[C@H]2CN(Cc3ccncc3)CC[C@@H]2OCC1=O. The molecule has 2 atom stereocenters. The summed E-state index contributed by atoms with van der Waals surface area (Å²) in [6, 6.07) is 4.12. The number of likely N-dealkylation sites (N-methyl/N-ethyl adjacent to an activating group) is 1. The van der Waals surface area contributed by atoms with E-state index in [1.54, 1.807) is 4.90 Å². The zero-order chi connectivity index (χ0) is 13.9. The minimum absolute atomic E-state index is 0.0973. The Hall–Kier alpha value is -1.46. The first-order chi connectivity index (χ1) is 9.72. The van der Waals surface area contributed by atoms with Gasteiger partial charge < -0.3 is 9.64 Å². The number of amides is 1. The van der Waals surface area contributed by atoms with Crippen LogP contribution in [0.4, 0.5) is 0 Å². The molecule has 0 radical (unpaired) electrons. The Morgan fingerprint density at radius 1 is 1.35 bits per heavy atom. The first-order valence-corrected chi connectivity index (χ1v) is 7.19. The fraction of sp³-hybridized carbons (Fsp3) is 0.600. The van der Waals surface area contributed by atoms with Crippen LogP contribution in [0.15, 0.2) is 24.5 Å². The number of rotatable bonds is 2. The van der Waals surface area contributed by atoms with Crippen molar-refractivity contribution in [2.75, 3.05) is 33.3 Å². The van der Waals surface area contributed by atoms with Gasteiger partial charge in [0.15, 0.2) is 0 Å². The average Bonchev–Trinajstić information content (AvgIpc) is 2.60. The van der Waals surface area contributed by atoms with Crippen LogP contribution in [-0.2, 0) is 16.1 Å². The Bertz CT molecular complexity index is 465. The molecule has 108 valence electrons. The summed E-state index contributed by atoms with van der Waals surface area (Å²) in [5.41, 5.74) is 1.29. The third-order valence-corrected chi connectivity index (χ3v) is 4.26. The monoisotopic (exact) mass is 275 g/mol. The van der Waals surface area contributed by atoms with Crippen molar-refractivity contribution in [2.24, 2.45) is 5.92 Å². The van der Waals surface area contributed by atoms with Crippen LogP contribution in [0.3, 0.4) is 0 Å². The average molecular weight is 275 g/mol. The maximum Gasteiger partial charge on any atom is 0.248 e. The molecule has 5 nitrogen and oxygen atoms in total. The molecule has 2 aliphatic heterocycles. The number of likely N-dealkylation sites (tertiary alicyclic amines) is 1. The van der Waals surface area contributed by atoms with Crippen molar-refractivity contribution in [2.45, 2.75) is 19.1 Å². The number of carbonyl (C=O) groups excluding carboxylic acids is 1. The molecular formula is C15H21N3O2. The first-order valence-electron chi connectivity index (χ1n) is 7.19. The molecule has 0 bridgehead atoms. The van der Waals surface area contributed by atoms with Gasteiger partial charge in [-0.3, -0.25) is 14.7 Å². The lowest BCUT2D eigenvalue weighted by atomic mass is 9.94. The van der Waals surface area contributed by atoms with Crippen LogP contribution in [0, 0.1) is 5.92 Å². The Kier molecular flexibility index (Phi) is 3.98. The van der Waals surface area contributed by atoms with E-state index in [9.17, 15) is 4.79 Å². The van der Waals surface area contributed by atoms with E-state index in [1.807, 2.05) is 19.4 Å². The highest BCUT2D eigenvalue weighted by molar-refractivity contribution is 5.77. The summed E-state index contributed by atoms with van der Waals surface area (Å²) in [4.78, 5) is 20.0. The third-order valence-electron chi connectivity index (χ3n) is 4.26. The van der Waals surface area contributed by atoms with Crippen molar-refractivity contribution in [1.82, 2.24) is 14.8 Å². The smallest absolute Gasteiger partial charge is 0.248 e. The highest BCUT2D eigenvalue weighted by Gasteiger charge is 2.34. The minimum Gasteiger partial charge on any atom is -0.368 e. The van der Waals surface area contributed by atoms with Crippen molar-refractivity contribution >= 4 is 5.91 Å². The first kappa shape index (κ1) is 13.5. The Labute approximate surface area is 119 Å². The Balaban J connectivity index is 1.63. The standard InChI is InChI=1S/C15H21N3O2/c1-17-9-13-10-18(8-12-2-5-16-6-3-12)7-4-14(13)20-11-15(17)19/h2-3,5-6,13-14H,4,7-11H2,1H3/t13-,14-/m0/s1. The van der Waals surface area contributed by atoms with Crippen molar-refractivity contribution in [3.63, 3.8) is 0 Å². The lowest BCUT2D eigenvalue weighted by Gasteiger charge is -2.37. The zero-order valence-electron chi connectivity index (χ0n) is 11.9. The number of hydrogen-bond donors (Lipinski definition) is 0. The van der Waals surface area contributed by atoms with Gasteiger partial charge in [0.2, 0.25) is 5.91 Å². The summed E-state index contributed by atoms with van der Waals surface area (Å²) in [5.74, 6) is 0.516. The van der Waals surface area contributed by atoms with E-state index in [4.69, 9.17) is 4.74 Å². The predicted molar refractivity (Wildman–Crippen MR) is 75.0 cm³/mol. The fourth-order valence-corrected chi connectivity index (χ4v) is 3.11. The van der Waals surface area contributed by atoms with Gasteiger partial charge in [0, 0.05) is 51.5 Å². The summed E-state index contributed by atoms with van der Waals surface area (Å²) in [7, 11) is 1.87. The van der Waals surface area contributed by atoms with Crippen molar-refractivity contribution < 1.29 is 9.53 Å². The van der Waals surface area contributed by atoms with Gasteiger partial charge in [-0.1, -0.05) is 0 Å². The van der Waals surface area contributed by atoms with E-state index in [2.05, 4.69) is 22.0 Å². The molecule has 0 unspecified atom stereocenters. The van der Waals surface area contributed by atoms with E-state index >= 15 is 0 Å². The van der Waals surface area contributed by atoms with Gasteiger partial charge in [-0.05, 0) is 24.1 Å². The summed E-state index contributed by atoms with van der Waals surface area (Å²) < 4.78 is 5.76. The maximum absolute atomic E-state index is 11.7. The second-order valence-electron chi connectivity index (χ2n) is 5.76. The van der Waals surface area contributed by atoms with Crippen molar-refractivity contribution in [1.29, 1.82) is 0 Å². The largest absolute Gasteiger partial charge is 0.368 e. The van der Waals surface area contributed by atoms with Crippen LogP contribution < -0.4 is 0 Å². The van der Waals surface area contributed by atoms with E-state index in [-0.39, 0.29) is 18.6 Å². The highest BCUT2D eigenvalue weighted by Crippen LogP contribution is 2.24. The number of nitrogens with zero attached hydrogens (tertiary/aromatic N) is 3. The maximum atomic E-state index is 11.7. The van der Waals surface area contributed by atoms with E-state index < -0.39 is 0 Å². The van der Waals surface area contributed by atoms with Crippen LogP contribution in [0.1, 0.15) is 12.0 Å². The normalized spacial score (nSPS) is 28.1. The summed E-state index contributed by atoms with van der Waals surface area (Å²) in [6.07, 6.45) is 4.92. The molecule has 0 spiro atoms. The van der Waals surface area contributed by atoms with Gasteiger partial charge in [0.25, 0.3) is 0 Å². The van der Waals surface area contributed by atoms with E-state index in [1.165, 1.54) is 5.56 Å². The van der Waals surface area contributed by atoms with Gasteiger partial charge in [-0.2, -0.15) is 0 Å². The van der Waals surface area contributed by atoms with Gasteiger partial charge in [-0.25, -0.2) is 0 Å². The van der Waals surface area contributed by atoms with E-state index in [0.29, 0.717) is 5.92 Å². The molecule has 5 heteroatoms. The zero-order valence-corrected chi connectivity index (χ0v) is 11.9. The number of fused-ring (bicyclic) bond motifs is 1. The van der Waals surface area contributed by atoms with Crippen LogP contribution in [-0.4, -0.2) is 60.1 Å². The Morgan fingerprint density at radius 2 is 2.15 bits per heavy atom. The number of piperidine rings is 1. The second-order valence-corrected chi connectivity index (χ2v) is 5.76. The highest BCUT2D eigenvalue weighted by atomic mass is 16.5. The molecule has 1 amide bonds. The molecule has 3 heterocycles. The number of aromatic nitrogens is 1. The molecule has 20 heavy (non-hydrogen) atoms. The molecule has 0 aliphatic carbocycles. The molecule has 2 saturated heterocycles. The van der Waals surface area contributed by atoms with Gasteiger partial charge >= 0.3 is 0 Å². The Morgan fingerprint density at radius 3 is 2.95 bits per heavy atom. The molecule has 2 aliphatic rings. The predicted octanol–water partition coefficient (Wildman–Crippen LogP) is 0.761. The van der Waals surface area contributed by atoms with Gasteiger partial charge in [0.05, 0.1) is 6.10 Å². The third kappa shape index (κ3) is 2.99. The minimum atomic E-state index is 0.0973. The number of hydrogen-bond acceptors (Lipinski definition) is 4. The molecular weight excluding hydrogens is 254 g/mol. The van der Waals surface area contributed by atoms with Crippen LogP contribution >= 0.6 is 0 Å². The second kappa shape index (κ2) is 5.89. The van der Waals surface area contributed by atoms with Crippen LogP contribution in [0.2, 0.25) is 0 Å².